The Labute approximate surface area is 101 Å². The van der Waals surface area contributed by atoms with Gasteiger partial charge in [0.05, 0.1) is 17.6 Å². The first-order valence-electron chi connectivity index (χ1n) is 6.03. The van der Waals surface area contributed by atoms with E-state index in [-0.39, 0.29) is 0 Å². The Morgan fingerprint density at radius 3 is 2.94 bits per heavy atom. The SMILES string of the molecule is Cc1ccccc1-n1cc(CNC2CC2)nn1. The van der Waals surface area contributed by atoms with Crippen LogP contribution in [0.4, 0.5) is 0 Å². The molecule has 4 heteroatoms. The molecule has 1 fully saturated rings. The molecule has 88 valence electrons. The van der Waals surface area contributed by atoms with Gasteiger partial charge in [-0.3, -0.25) is 0 Å². The molecule has 1 aliphatic carbocycles. The number of nitrogens with zero attached hydrogens (tertiary/aromatic N) is 3. The zero-order valence-corrected chi connectivity index (χ0v) is 9.93. The molecule has 1 aromatic carbocycles. The summed E-state index contributed by atoms with van der Waals surface area (Å²) >= 11 is 0. The summed E-state index contributed by atoms with van der Waals surface area (Å²) < 4.78 is 1.85. The second-order valence-corrected chi connectivity index (χ2v) is 4.60. The standard InChI is InChI=1S/C13H16N4/c1-10-4-2-3-5-13(10)17-9-12(15-16-17)8-14-11-6-7-11/h2-5,9,11,14H,6-8H2,1H3. The monoisotopic (exact) mass is 228 g/mol. The molecule has 17 heavy (non-hydrogen) atoms. The van der Waals surface area contributed by atoms with Crippen LogP contribution in [0.2, 0.25) is 0 Å². The lowest BCUT2D eigenvalue weighted by atomic mass is 10.2. The third-order valence-electron chi connectivity index (χ3n) is 3.05. The Hall–Kier alpha value is -1.68. The van der Waals surface area contributed by atoms with Crippen LogP contribution in [0.3, 0.4) is 0 Å². The molecule has 1 N–H and O–H groups in total. The molecule has 1 saturated carbocycles. The van der Waals surface area contributed by atoms with Gasteiger partial charge in [-0.1, -0.05) is 23.4 Å². The first-order valence-corrected chi connectivity index (χ1v) is 6.03. The van der Waals surface area contributed by atoms with Crippen LogP contribution >= 0.6 is 0 Å². The largest absolute Gasteiger partial charge is 0.308 e. The van der Waals surface area contributed by atoms with E-state index in [1.807, 2.05) is 23.0 Å². The zero-order valence-electron chi connectivity index (χ0n) is 9.93. The Bertz CT molecular complexity index is 514. The predicted octanol–water partition coefficient (Wildman–Crippen LogP) is 1.83. The highest BCUT2D eigenvalue weighted by Gasteiger charge is 2.20. The first kappa shape index (κ1) is 10.5. The average Bonchev–Trinajstić information content (AvgIpc) is 3.06. The van der Waals surface area contributed by atoms with Crippen molar-refractivity contribution in [1.29, 1.82) is 0 Å². The van der Waals surface area contributed by atoms with Crippen molar-refractivity contribution in [2.24, 2.45) is 0 Å². The lowest BCUT2D eigenvalue weighted by molar-refractivity contribution is 0.671. The van der Waals surface area contributed by atoms with Gasteiger partial charge in [0.15, 0.2) is 0 Å². The fraction of sp³-hybridized carbons (Fsp3) is 0.385. The molecule has 0 aliphatic heterocycles. The topological polar surface area (TPSA) is 42.7 Å². The molecule has 0 saturated heterocycles. The van der Waals surface area contributed by atoms with Crippen molar-refractivity contribution in [1.82, 2.24) is 20.3 Å². The van der Waals surface area contributed by atoms with Gasteiger partial charge >= 0.3 is 0 Å². The van der Waals surface area contributed by atoms with Crippen LogP contribution in [-0.2, 0) is 6.54 Å². The molecule has 1 aliphatic rings. The third kappa shape index (κ3) is 2.36. The molecule has 3 rings (SSSR count). The smallest absolute Gasteiger partial charge is 0.0969 e. The number of hydrogen-bond acceptors (Lipinski definition) is 3. The summed E-state index contributed by atoms with van der Waals surface area (Å²) in [5, 5.41) is 11.8. The van der Waals surface area contributed by atoms with Crippen LogP contribution in [0.5, 0.6) is 0 Å². The van der Waals surface area contributed by atoms with Gasteiger partial charge in [0, 0.05) is 12.6 Å². The van der Waals surface area contributed by atoms with E-state index >= 15 is 0 Å². The minimum Gasteiger partial charge on any atom is -0.308 e. The summed E-state index contributed by atoms with van der Waals surface area (Å²) in [6.45, 7) is 2.90. The summed E-state index contributed by atoms with van der Waals surface area (Å²) in [5.41, 5.74) is 3.30. The quantitative estimate of drug-likeness (QED) is 0.868. The second-order valence-electron chi connectivity index (χ2n) is 4.60. The van der Waals surface area contributed by atoms with E-state index in [0.29, 0.717) is 6.04 Å². The Morgan fingerprint density at radius 2 is 2.18 bits per heavy atom. The molecule has 1 aromatic heterocycles. The van der Waals surface area contributed by atoms with Crippen molar-refractivity contribution in [2.45, 2.75) is 32.4 Å². The maximum Gasteiger partial charge on any atom is 0.0969 e. The molecule has 0 atom stereocenters. The van der Waals surface area contributed by atoms with E-state index in [4.69, 9.17) is 0 Å². The van der Waals surface area contributed by atoms with Crippen LogP contribution < -0.4 is 5.32 Å². The molecule has 1 heterocycles. The predicted molar refractivity (Wildman–Crippen MR) is 66.0 cm³/mol. The number of para-hydroxylation sites is 1. The van der Waals surface area contributed by atoms with Gasteiger partial charge in [-0.15, -0.1) is 5.10 Å². The number of aryl methyl sites for hydroxylation is 1. The second kappa shape index (κ2) is 4.30. The van der Waals surface area contributed by atoms with Crippen molar-refractivity contribution in [3.05, 3.63) is 41.7 Å². The minimum atomic E-state index is 0.707. The van der Waals surface area contributed by atoms with Gasteiger partial charge in [-0.2, -0.15) is 0 Å². The minimum absolute atomic E-state index is 0.707. The van der Waals surface area contributed by atoms with Gasteiger partial charge in [-0.05, 0) is 31.4 Å². The molecule has 0 radical (unpaired) electrons. The number of hydrogen-bond donors (Lipinski definition) is 1. The fourth-order valence-corrected chi connectivity index (χ4v) is 1.85. The fourth-order valence-electron chi connectivity index (χ4n) is 1.85. The van der Waals surface area contributed by atoms with Crippen LogP contribution in [0.1, 0.15) is 24.1 Å². The van der Waals surface area contributed by atoms with Crippen molar-refractivity contribution in [3.63, 3.8) is 0 Å². The van der Waals surface area contributed by atoms with Crippen molar-refractivity contribution >= 4 is 0 Å². The third-order valence-corrected chi connectivity index (χ3v) is 3.05. The maximum absolute atomic E-state index is 4.18. The van der Waals surface area contributed by atoms with Gasteiger partial charge in [0.2, 0.25) is 0 Å². The summed E-state index contributed by atoms with van der Waals surface area (Å²) in [4.78, 5) is 0. The van der Waals surface area contributed by atoms with Crippen LogP contribution in [0, 0.1) is 6.92 Å². The lowest BCUT2D eigenvalue weighted by Gasteiger charge is -2.03. The van der Waals surface area contributed by atoms with Crippen molar-refractivity contribution < 1.29 is 0 Å². The van der Waals surface area contributed by atoms with Crippen LogP contribution in [0.25, 0.3) is 5.69 Å². The van der Waals surface area contributed by atoms with E-state index in [9.17, 15) is 0 Å². The van der Waals surface area contributed by atoms with Gasteiger partial charge < -0.3 is 5.32 Å². The summed E-state index contributed by atoms with van der Waals surface area (Å²) in [7, 11) is 0. The van der Waals surface area contributed by atoms with E-state index in [1.165, 1.54) is 18.4 Å². The molecule has 2 aromatic rings. The molecule has 0 bridgehead atoms. The highest BCUT2D eigenvalue weighted by atomic mass is 15.4. The first-order chi connectivity index (χ1) is 8.33. The van der Waals surface area contributed by atoms with E-state index in [2.05, 4.69) is 34.7 Å². The lowest BCUT2D eigenvalue weighted by Crippen LogP contribution is -2.15. The Kier molecular flexibility index (Phi) is 2.65. The highest BCUT2D eigenvalue weighted by Crippen LogP contribution is 2.19. The van der Waals surface area contributed by atoms with Crippen LogP contribution in [-0.4, -0.2) is 21.0 Å². The van der Waals surface area contributed by atoms with E-state index in [1.54, 1.807) is 0 Å². The van der Waals surface area contributed by atoms with E-state index < -0.39 is 0 Å². The maximum atomic E-state index is 4.18. The molecular weight excluding hydrogens is 212 g/mol. The Balaban J connectivity index is 1.77. The van der Waals surface area contributed by atoms with Gasteiger partial charge in [0.25, 0.3) is 0 Å². The Morgan fingerprint density at radius 1 is 1.35 bits per heavy atom. The molecular formula is C13H16N4. The number of benzene rings is 1. The average molecular weight is 228 g/mol. The van der Waals surface area contributed by atoms with E-state index in [0.717, 1.165) is 17.9 Å². The molecule has 0 amide bonds. The normalized spacial score (nSPS) is 15.1. The van der Waals surface area contributed by atoms with Crippen LogP contribution in [0.15, 0.2) is 30.5 Å². The summed E-state index contributed by atoms with van der Waals surface area (Å²) in [6, 6.07) is 8.90. The number of aromatic nitrogens is 3. The molecule has 4 nitrogen and oxygen atoms in total. The van der Waals surface area contributed by atoms with Crippen molar-refractivity contribution in [3.8, 4) is 5.69 Å². The van der Waals surface area contributed by atoms with Gasteiger partial charge in [-0.25, -0.2) is 4.68 Å². The number of rotatable bonds is 4. The summed E-state index contributed by atoms with van der Waals surface area (Å²) in [6.07, 6.45) is 4.59. The highest BCUT2D eigenvalue weighted by molar-refractivity contribution is 5.38. The van der Waals surface area contributed by atoms with Crippen molar-refractivity contribution in [2.75, 3.05) is 0 Å². The van der Waals surface area contributed by atoms with Gasteiger partial charge in [0.1, 0.15) is 0 Å². The summed E-state index contributed by atoms with van der Waals surface area (Å²) in [5.74, 6) is 0. The molecule has 0 spiro atoms. The zero-order chi connectivity index (χ0) is 11.7. The number of nitrogens with one attached hydrogen (secondary N) is 1. The molecule has 0 unspecified atom stereocenters.